The molecule has 2 heteroatoms. The number of nitrogens with one attached hydrogen (secondary N) is 1. The number of benzene rings is 2. The summed E-state index contributed by atoms with van der Waals surface area (Å²) < 4.78 is 5.75. The molecule has 0 saturated carbocycles. The summed E-state index contributed by atoms with van der Waals surface area (Å²) in [5.41, 5.74) is 3.81. The maximum atomic E-state index is 5.75. The monoisotopic (exact) mass is 269 g/mol. The molecule has 0 heterocycles. The summed E-state index contributed by atoms with van der Waals surface area (Å²) in [6.07, 6.45) is 1.06. The molecule has 0 amide bonds. The largest absolute Gasteiger partial charge is 0.375 e. The fourth-order valence-corrected chi connectivity index (χ4v) is 2.61. The fraction of sp³-hybridized carbons (Fsp3) is 0.333. The highest BCUT2D eigenvalue weighted by atomic mass is 16.5. The van der Waals surface area contributed by atoms with Gasteiger partial charge in [-0.2, -0.15) is 0 Å². The average Bonchev–Trinajstić information content (AvgIpc) is 2.53. The van der Waals surface area contributed by atoms with Gasteiger partial charge in [-0.05, 0) is 30.2 Å². The van der Waals surface area contributed by atoms with Crippen molar-refractivity contribution in [2.24, 2.45) is 0 Å². The Morgan fingerprint density at radius 3 is 2.30 bits per heavy atom. The number of likely N-dealkylation sites (N-methyl/N-ethyl adjacent to an activating group) is 1. The Balaban J connectivity index is 2.34. The van der Waals surface area contributed by atoms with E-state index in [-0.39, 0.29) is 12.1 Å². The molecule has 0 aliphatic heterocycles. The zero-order valence-electron chi connectivity index (χ0n) is 12.5. The standard InChI is InChI=1S/C18H23NO/c1-4-14-9-8-12-16(13-14)17(19-2)18(20-3)15-10-6-5-7-11-15/h5-13,17-19H,4H2,1-3H3. The van der Waals surface area contributed by atoms with Crippen LogP contribution >= 0.6 is 0 Å². The van der Waals surface area contributed by atoms with Gasteiger partial charge in [0.25, 0.3) is 0 Å². The van der Waals surface area contributed by atoms with Crippen LogP contribution in [0.5, 0.6) is 0 Å². The first kappa shape index (κ1) is 14.8. The van der Waals surface area contributed by atoms with Crippen LogP contribution in [-0.2, 0) is 11.2 Å². The van der Waals surface area contributed by atoms with Crippen molar-refractivity contribution >= 4 is 0 Å². The van der Waals surface area contributed by atoms with E-state index < -0.39 is 0 Å². The van der Waals surface area contributed by atoms with Gasteiger partial charge >= 0.3 is 0 Å². The van der Waals surface area contributed by atoms with E-state index in [0.29, 0.717) is 0 Å². The number of ether oxygens (including phenoxy) is 1. The average molecular weight is 269 g/mol. The number of aryl methyl sites for hydroxylation is 1. The van der Waals surface area contributed by atoms with Crippen molar-refractivity contribution < 1.29 is 4.74 Å². The first-order valence-electron chi connectivity index (χ1n) is 7.14. The highest BCUT2D eigenvalue weighted by molar-refractivity contribution is 5.30. The van der Waals surface area contributed by atoms with E-state index in [1.807, 2.05) is 13.1 Å². The van der Waals surface area contributed by atoms with Crippen LogP contribution in [0.1, 0.15) is 35.8 Å². The second kappa shape index (κ2) is 7.22. The van der Waals surface area contributed by atoms with Crippen LogP contribution < -0.4 is 5.32 Å². The van der Waals surface area contributed by atoms with Crippen LogP contribution in [0.2, 0.25) is 0 Å². The van der Waals surface area contributed by atoms with Gasteiger partial charge in [0, 0.05) is 7.11 Å². The molecule has 2 atom stereocenters. The summed E-state index contributed by atoms with van der Waals surface area (Å²) in [6.45, 7) is 2.18. The van der Waals surface area contributed by atoms with E-state index in [0.717, 1.165) is 6.42 Å². The van der Waals surface area contributed by atoms with Gasteiger partial charge in [0.05, 0.1) is 6.04 Å². The number of methoxy groups -OCH3 is 1. The number of rotatable bonds is 6. The van der Waals surface area contributed by atoms with Crippen molar-refractivity contribution in [1.29, 1.82) is 0 Å². The lowest BCUT2D eigenvalue weighted by Crippen LogP contribution is -2.25. The van der Waals surface area contributed by atoms with E-state index in [4.69, 9.17) is 4.74 Å². The van der Waals surface area contributed by atoms with Gasteiger partial charge in [0.2, 0.25) is 0 Å². The van der Waals surface area contributed by atoms with E-state index in [1.54, 1.807) is 7.11 Å². The molecule has 106 valence electrons. The quantitative estimate of drug-likeness (QED) is 0.859. The lowest BCUT2D eigenvalue weighted by atomic mass is 9.94. The Morgan fingerprint density at radius 2 is 1.70 bits per heavy atom. The fourth-order valence-electron chi connectivity index (χ4n) is 2.61. The van der Waals surface area contributed by atoms with Crippen molar-refractivity contribution in [1.82, 2.24) is 5.32 Å². The lowest BCUT2D eigenvalue weighted by Gasteiger charge is -2.27. The summed E-state index contributed by atoms with van der Waals surface area (Å²) in [7, 11) is 3.75. The predicted octanol–water partition coefficient (Wildman–Crippen LogP) is 3.90. The van der Waals surface area contributed by atoms with Gasteiger partial charge in [0.1, 0.15) is 6.10 Å². The van der Waals surface area contributed by atoms with Crippen molar-refractivity contribution in [3.8, 4) is 0 Å². The summed E-state index contributed by atoms with van der Waals surface area (Å²) in [4.78, 5) is 0. The zero-order chi connectivity index (χ0) is 14.4. The molecule has 0 aliphatic rings. The Kier molecular flexibility index (Phi) is 5.33. The van der Waals surface area contributed by atoms with Crippen molar-refractivity contribution in [2.45, 2.75) is 25.5 Å². The molecule has 0 fully saturated rings. The molecule has 0 aliphatic carbocycles. The maximum Gasteiger partial charge on any atom is 0.102 e. The van der Waals surface area contributed by atoms with Crippen LogP contribution in [0.15, 0.2) is 54.6 Å². The lowest BCUT2D eigenvalue weighted by molar-refractivity contribution is 0.0702. The second-order valence-corrected chi connectivity index (χ2v) is 4.93. The van der Waals surface area contributed by atoms with Gasteiger partial charge in [-0.1, -0.05) is 61.5 Å². The molecule has 0 saturated heterocycles. The minimum atomic E-state index is 0.00769. The van der Waals surface area contributed by atoms with Crippen molar-refractivity contribution in [2.75, 3.05) is 14.2 Å². The topological polar surface area (TPSA) is 21.3 Å². The highest BCUT2D eigenvalue weighted by Crippen LogP contribution is 2.31. The maximum absolute atomic E-state index is 5.75. The van der Waals surface area contributed by atoms with Crippen LogP contribution in [0, 0.1) is 0 Å². The number of hydrogen-bond acceptors (Lipinski definition) is 2. The van der Waals surface area contributed by atoms with Gasteiger partial charge in [-0.3, -0.25) is 0 Å². The molecular formula is C18H23NO. The molecule has 0 aromatic heterocycles. The van der Waals surface area contributed by atoms with E-state index in [9.17, 15) is 0 Å². The molecule has 2 aromatic carbocycles. The molecule has 0 radical (unpaired) electrons. The Morgan fingerprint density at radius 1 is 1.00 bits per heavy atom. The van der Waals surface area contributed by atoms with E-state index in [1.165, 1.54) is 16.7 Å². The second-order valence-electron chi connectivity index (χ2n) is 4.93. The van der Waals surface area contributed by atoms with Crippen LogP contribution in [0.3, 0.4) is 0 Å². The third-order valence-electron chi connectivity index (χ3n) is 3.71. The summed E-state index contributed by atoms with van der Waals surface area (Å²) in [6, 6.07) is 19.2. The molecule has 0 spiro atoms. The SMILES string of the molecule is CCc1cccc(C(NC)C(OC)c2ccccc2)c1. The highest BCUT2D eigenvalue weighted by Gasteiger charge is 2.23. The van der Waals surface area contributed by atoms with Crippen molar-refractivity contribution in [3.63, 3.8) is 0 Å². The van der Waals surface area contributed by atoms with Gasteiger partial charge < -0.3 is 10.1 Å². The Hall–Kier alpha value is -1.64. The Labute approximate surface area is 121 Å². The molecule has 2 rings (SSSR count). The van der Waals surface area contributed by atoms with E-state index >= 15 is 0 Å². The molecule has 2 nitrogen and oxygen atoms in total. The predicted molar refractivity (Wildman–Crippen MR) is 83.8 cm³/mol. The summed E-state index contributed by atoms with van der Waals surface area (Å²) >= 11 is 0. The molecule has 20 heavy (non-hydrogen) atoms. The normalized spacial score (nSPS) is 13.9. The molecule has 2 unspecified atom stereocenters. The minimum absolute atomic E-state index is 0.00769. The Bertz CT molecular complexity index is 524. The van der Waals surface area contributed by atoms with Crippen LogP contribution in [0.25, 0.3) is 0 Å². The zero-order valence-corrected chi connectivity index (χ0v) is 12.5. The summed E-state index contributed by atoms with van der Waals surface area (Å²) in [5.74, 6) is 0. The smallest absolute Gasteiger partial charge is 0.102 e. The van der Waals surface area contributed by atoms with Gasteiger partial charge in [-0.25, -0.2) is 0 Å². The van der Waals surface area contributed by atoms with Crippen LogP contribution in [0.4, 0.5) is 0 Å². The summed E-state index contributed by atoms with van der Waals surface area (Å²) in [5, 5.41) is 3.39. The van der Waals surface area contributed by atoms with Crippen LogP contribution in [-0.4, -0.2) is 14.2 Å². The first-order valence-corrected chi connectivity index (χ1v) is 7.14. The molecule has 1 N–H and O–H groups in total. The van der Waals surface area contributed by atoms with Gasteiger partial charge in [0.15, 0.2) is 0 Å². The minimum Gasteiger partial charge on any atom is -0.375 e. The molecule has 2 aromatic rings. The molecule has 0 bridgehead atoms. The number of hydrogen-bond donors (Lipinski definition) is 1. The van der Waals surface area contributed by atoms with E-state index in [2.05, 4.69) is 60.8 Å². The third kappa shape index (κ3) is 3.27. The van der Waals surface area contributed by atoms with Crippen molar-refractivity contribution in [3.05, 3.63) is 71.3 Å². The van der Waals surface area contributed by atoms with Gasteiger partial charge in [-0.15, -0.1) is 0 Å². The first-order chi connectivity index (χ1) is 9.80. The third-order valence-corrected chi connectivity index (χ3v) is 3.71. The molecular weight excluding hydrogens is 246 g/mol.